The van der Waals surface area contributed by atoms with Crippen molar-refractivity contribution in [1.82, 2.24) is 10.3 Å². The van der Waals surface area contributed by atoms with Gasteiger partial charge in [0, 0.05) is 41.1 Å². The number of nitrogens with one attached hydrogen (secondary N) is 1. The fraction of sp³-hybridized carbons (Fsp3) is 0.360. The molecule has 4 rings (SSSR count). The van der Waals surface area contributed by atoms with E-state index in [0.29, 0.717) is 36.3 Å². The molecule has 1 amide bonds. The van der Waals surface area contributed by atoms with Crippen LogP contribution in [-0.2, 0) is 21.4 Å². The van der Waals surface area contributed by atoms with Crippen LogP contribution < -0.4 is 14.8 Å². The zero-order valence-electron chi connectivity index (χ0n) is 18.7. The smallest absolute Gasteiger partial charge is 0.226 e. The zero-order valence-corrected chi connectivity index (χ0v) is 20.3. The van der Waals surface area contributed by atoms with Gasteiger partial charge in [0.15, 0.2) is 11.5 Å². The van der Waals surface area contributed by atoms with Gasteiger partial charge in [0.1, 0.15) is 5.01 Å². The summed E-state index contributed by atoms with van der Waals surface area (Å²) in [6, 6.07) is 13.6. The first-order valence-electron chi connectivity index (χ1n) is 10.8. The van der Waals surface area contributed by atoms with Gasteiger partial charge >= 0.3 is 0 Å². The van der Waals surface area contributed by atoms with Gasteiger partial charge in [-0.2, -0.15) is 0 Å². The average molecular weight is 487 g/mol. The number of methoxy groups -OCH3 is 2. The van der Waals surface area contributed by atoms with E-state index in [0.717, 1.165) is 34.7 Å². The lowest BCUT2D eigenvalue weighted by Crippen LogP contribution is -2.45. The first-order valence-corrected chi connectivity index (χ1v) is 12.1. The minimum Gasteiger partial charge on any atom is -0.493 e. The highest BCUT2D eigenvalue weighted by Gasteiger charge is 2.35. The van der Waals surface area contributed by atoms with E-state index in [1.54, 1.807) is 14.2 Å². The zero-order chi connectivity index (χ0) is 23.3. The number of rotatable bonds is 8. The van der Waals surface area contributed by atoms with E-state index >= 15 is 0 Å². The maximum Gasteiger partial charge on any atom is 0.226 e. The summed E-state index contributed by atoms with van der Waals surface area (Å²) in [5.41, 5.74) is 2.63. The number of halogens is 1. The Hall–Kier alpha value is -2.61. The Balaban J connectivity index is 1.42. The van der Waals surface area contributed by atoms with E-state index in [-0.39, 0.29) is 17.7 Å². The second-order valence-electron chi connectivity index (χ2n) is 8.07. The lowest BCUT2D eigenvalue weighted by Gasteiger charge is -2.38. The molecule has 0 unspecified atom stereocenters. The number of ether oxygens (including phenoxy) is 3. The Morgan fingerprint density at radius 3 is 2.67 bits per heavy atom. The van der Waals surface area contributed by atoms with Gasteiger partial charge in [-0.05, 0) is 48.7 Å². The number of hydrogen-bond acceptors (Lipinski definition) is 6. The van der Waals surface area contributed by atoms with Crippen molar-refractivity contribution in [3.8, 4) is 22.1 Å². The largest absolute Gasteiger partial charge is 0.493 e. The molecule has 0 spiro atoms. The predicted octanol–water partition coefficient (Wildman–Crippen LogP) is 4.89. The van der Waals surface area contributed by atoms with Crippen LogP contribution in [0.15, 0.2) is 47.8 Å². The van der Waals surface area contributed by atoms with Crippen LogP contribution in [0.4, 0.5) is 0 Å². The second kappa shape index (κ2) is 10.5. The van der Waals surface area contributed by atoms with Crippen molar-refractivity contribution in [3.05, 3.63) is 64.1 Å². The maximum atomic E-state index is 12.8. The van der Waals surface area contributed by atoms with Crippen molar-refractivity contribution in [3.63, 3.8) is 0 Å². The first kappa shape index (κ1) is 23.5. The van der Waals surface area contributed by atoms with E-state index in [2.05, 4.69) is 16.4 Å². The maximum absolute atomic E-state index is 12.8. The van der Waals surface area contributed by atoms with Crippen molar-refractivity contribution in [2.75, 3.05) is 34.0 Å². The molecule has 0 bridgehead atoms. The Morgan fingerprint density at radius 2 is 1.94 bits per heavy atom. The third-order valence-electron chi connectivity index (χ3n) is 6.03. The fourth-order valence-electron chi connectivity index (χ4n) is 4.13. The molecule has 8 heteroatoms. The van der Waals surface area contributed by atoms with Gasteiger partial charge in [0.25, 0.3) is 0 Å². The summed E-state index contributed by atoms with van der Waals surface area (Å²) < 4.78 is 16.3. The Kier molecular flexibility index (Phi) is 7.53. The van der Waals surface area contributed by atoms with E-state index < -0.39 is 0 Å². The van der Waals surface area contributed by atoms with E-state index in [9.17, 15) is 4.79 Å². The molecule has 1 aliphatic heterocycles. The lowest BCUT2D eigenvalue weighted by atomic mass is 9.74. The van der Waals surface area contributed by atoms with Gasteiger partial charge in [0.2, 0.25) is 5.91 Å². The summed E-state index contributed by atoms with van der Waals surface area (Å²) in [5, 5.41) is 6.59. The third-order valence-corrected chi connectivity index (χ3v) is 7.21. The Morgan fingerprint density at radius 1 is 1.15 bits per heavy atom. The first-order chi connectivity index (χ1) is 16.0. The summed E-state index contributed by atoms with van der Waals surface area (Å²) in [6.45, 7) is 1.88. The Bertz CT molecular complexity index is 1110. The fourth-order valence-corrected chi connectivity index (χ4v) is 5.14. The van der Waals surface area contributed by atoms with Crippen LogP contribution in [-0.4, -0.2) is 44.9 Å². The minimum atomic E-state index is -0.175. The summed E-state index contributed by atoms with van der Waals surface area (Å²) in [6.07, 6.45) is 1.91. The molecule has 2 aromatic carbocycles. The van der Waals surface area contributed by atoms with Crippen molar-refractivity contribution < 1.29 is 19.0 Å². The van der Waals surface area contributed by atoms with Gasteiger partial charge in [-0.15, -0.1) is 11.3 Å². The molecule has 2 heterocycles. The Labute approximate surface area is 202 Å². The molecule has 1 saturated heterocycles. The second-order valence-corrected chi connectivity index (χ2v) is 9.36. The van der Waals surface area contributed by atoms with Crippen LogP contribution in [0, 0.1) is 0 Å². The summed E-state index contributed by atoms with van der Waals surface area (Å²) in [5.74, 6) is 1.26. The van der Waals surface area contributed by atoms with Gasteiger partial charge in [-0.25, -0.2) is 4.98 Å². The predicted molar refractivity (Wildman–Crippen MR) is 131 cm³/mol. The summed E-state index contributed by atoms with van der Waals surface area (Å²) in [7, 11) is 3.21. The van der Waals surface area contributed by atoms with E-state index in [1.165, 1.54) is 11.3 Å². The molecule has 6 nitrogen and oxygen atoms in total. The average Bonchev–Trinajstić information content (AvgIpc) is 3.31. The highest BCUT2D eigenvalue weighted by molar-refractivity contribution is 7.13. The monoisotopic (exact) mass is 486 g/mol. The topological polar surface area (TPSA) is 69.7 Å². The van der Waals surface area contributed by atoms with E-state index in [4.69, 9.17) is 25.8 Å². The number of carbonyl (C=O) groups is 1. The van der Waals surface area contributed by atoms with Crippen LogP contribution in [0.5, 0.6) is 11.5 Å². The molecule has 174 valence electrons. The lowest BCUT2D eigenvalue weighted by molar-refractivity contribution is -0.121. The number of hydrogen-bond donors (Lipinski definition) is 1. The number of thiazole rings is 1. The van der Waals surface area contributed by atoms with Crippen LogP contribution in [0.1, 0.15) is 24.1 Å². The number of amides is 1. The minimum absolute atomic E-state index is 0.0490. The molecule has 0 radical (unpaired) electrons. The van der Waals surface area contributed by atoms with Gasteiger partial charge in [-0.1, -0.05) is 23.7 Å². The molecule has 0 saturated carbocycles. The SMILES string of the molecule is COc1ccc(-c2nc(CC(=O)NCC3(c4cccc(Cl)c4)CCOCC3)cs2)cc1OC. The van der Waals surface area contributed by atoms with E-state index in [1.807, 2.05) is 41.8 Å². The van der Waals surface area contributed by atoms with Gasteiger partial charge < -0.3 is 19.5 Å². The third kappa shape index (κ3) is 5.49. The summed E-state index contributed by atoms with van der Waals surface area (Å²) >= 11 is 7.75. The van der Waals surface area contributed by atoms with Crippen molar-refractivity contribution in [2.45, 2.75) is 24.7 Å². The van der Waals surface area contributed by atoms with Crippen LogP contribution in [0.2, 0.25) is 5.02 Å². The highest BCUT2D eigenvalue weighted by atomic mass is 35.5. The molecule has 1 N–H and O–H groups in total. The van der Waals surface area contributed by atoms with Gasteiger partial charge in [-0.3, -0.25) is 4.79 Å². The number of benzene rings is 2. The molecule has 3 aromatic rings. The standard InChI is InChI=1S/C25H27ClN2O4S/c1-30-21-7-6-17(12-22(21)31-2)24-28-20(15-33-24)14-23(29)27-16-25(8-10-32-11-9-25)18-4-3-5-19(26)13-18/h3-7,12-13,15H,8-11,14,16H2,1-2H3,(H,27,29). The molecule has 1 fully saturated rings. The normalized spacial score (nSPS) is 15.1. The highest BCUT2D eigenvalue weighted by Crippen LogP contribution is 2.36. The quantitative estimate of drug-likeness (QED) is 0.491. The molecular formula is C25H27ClN2O4S. The van der Waals surface area contributed by atoms with Crippen molar-refractivity contribution >= 4 is 28.8 Å². The van der Waals surface area contributed by atoms with Gasteiger partial charge in [0.05, 0.1) is 26.3 Å². The molecular weight excluding hydrogens is 460 g/mol. The molecule has 1 aromatic heterocycles. The number of carbonyl (C=O) groups excluding carboxylic acids is 1. The van der Waals surface area contributed by atoms with Crippen molar-refractivity contribution in [1.29, 1.82) is 0 Å². The van der Waals surface area contributed by atoms with Crippen molar-refractivity contribution in [2.24, 2.45) is 0 Å². The summed E-state index contributed by atoms with van der Waals surface area (Å²) in [4.78, 5) is 17.4. The number of aromatic nitrogens is 1. The van der Waals surface area contributed by atoms with Crippen LogP contribution in [0.25, 0.3) is 10.6 Å². The molecule has 1 aliphatic rings. The molecule has 33 heavy (non-hydrogen) atoms. The number of nitrogens with zero attached hydrogens (tertiary/aromatic N) is 1. The van der Waals surface area contributed by atoms with Crippen LogP contribution in [0.3, 0.4) is 0 Å². The molecule has 0 aliphatic carbocycles. The van der Waals surface area contributed by atoms with Crippen LogP contribution >= 0.6 is 22.9 Å². The molecule has 0 atom stereocenters.